The Morgan fingerprint density at radius 2 is 2.21 bits per heavy atom. The normalized spacial score (nSPS) is 21.5. The van der Waals surface area contributed by atoms with Gasteiger partial charge in [0.05, 0.1) is 17.8 Å². The quantitative estimate of drug-likeness (QED) is 0.837. The number of nitrogens with one attached hydrogen (secondary N) is 1. The van der Waals surface area contributed by atoms with Crippen LogP contribution in [0.2, 0.25) is 0 Å². The average molecular weight is 282 g/mol. The summed E-state index contributed by atoms with van der Waals surface area (Å²) in [6, 6.07) is 0. The van der Waals surface area contributed by atoms with Crippen LogP contribution in [-0.4, -0.2) is 38.5 Å². The summed E-state index contributed by atoms with van der Waals surface area (Å²) in [5, 5.41) is 4.96. The lowest BCUT2D eigenvalue weighted by molar-refractivity contribution is 0.0334. The Balaban J connectivity index is 1.80. The van der Waals surface area contributed by atoms with E-state index in [9.17, 15) is 0 Å². The summed E-state index contributed by atoms with van der Waals surface area (Å²) >= 11 is 1.92. The molecule has 1 aliphatic heterocycles. The van der Waals surface area contributed by atoms with Gasteiger partial charge in [-0.3, -0.25) is 0 Å². The minimum atomic E-state index is 0.0196. The second-order valence-corrected chi connectivity index (χ2v) is 6.44. The number of rotatable bonds is 5. The molecule has 1 aromatic rings. The van der Waals surface area contributed by atoms with Crippen molar-refractivity contribution in [2.75, 3.05) is 33.5 Å². The van der Waals surface area contributed by atoms with Crippen LogP contribution in [0.4, 0.5) is 0 Å². The van der Waals surface area contributed by atoms with Gasteiger partial charge in [0.25, 0.3) is 0 Å². The van der Waals surface area contributed by atoms with Crippen molar-refractivity contribution in [1.82, 2.24) is 10.3 Å². The number of hydrogen-bond acceptors (Lipinski definition) is 5. The molecule has 0 aromatic carbocycles. The van der Waals surface area contributed by atoms with Gasteiger partial charge < -0.3 is 14.8 Å². The molecule has 0 atom stereocenters. The summed E-state index contributed by atoms with van der Waals surface area (Å²) in [6.45, 7) is 3.27. The highest BCUT2D eigenvalue weighted by molar-refractivity contribution is 7.12. The molecule has 1 aromatic heterocycles. The van der Waals surface area contributed by atoms with Crippen molar-refractivity contribution in [2.45, 2.75) is 37.6 Å². The van der Waals surface area contributed by atoms with Gasteiger partial charge in [0.15, 0.2) is 0 Å². The average Bonchev–Trinajstić information content (AvgIpc) is 3.01. The second-order valence-electron chi connectivity index (χ2n) is 5.36. The number of methoxy groups -OCH3 is 1. The zero-order chi connectivity index (χ0) is 13.1. The fourth-order valence-electron chi connectivity index (χ4n) is 2.97. The third-order valence-electron chi connectivity index (χ3n) is 4.12. The first-order valence-electron chi connectivity index (χ1n) is 7.15. The maximum Gasteiger partial charge on any atom is 0.113 e. The zero-order valence-electron chi connectivity index (χ0n) is 11.5. The summed E-state index contributed by atoms with van der Waals surface area (Å²) < 4.78 is 10.7. The molecular formula is C14H22N2O2S. The highest BCUT2D eigenvalue weighted by Gasteiger charge is 2.37. The van der Waals surface area contributed by atoms with Crippen molar-refractivity contribution < 1.29 is 9.47 Å². The minimum Gasteiger partial charge on any atom is -0.383 e. The van der Waals surface area contributed by atoms with E-state index < -0.39 is 0 Å². The van der Waals surface area contributed by atoms with Gasteiger partial charge in [0.2, 0.25) is 0 Å². The molecule has 19 heavy (non-hydrogen) atoms. The lowest BCUT2D eigenvalue weighted by Gasteiger charge is -2.36. The number of hydrogen-bond donors (Lipinski definition) is 1. The van der Waals surface area contributed by atoms with Crippen molar-refractivity contribution in [1.29, 1.82) is 0 Å². The molecule has 1 fully saturated rings. The van der Waals surface area contributed by atoms with Gasteiger partial charge in [0, 0.05) is 31.7 Å². The molecular weight excluding hydrogens is 260 g/mol. The van der Waals surface area contributed by atoms with Crippen molar-refractivity contribution in [3.8, 4) is 0 Å². The molecule has 1 saturated heterocycles. The number of aromatic nitrogens is 1. The van der Waals surface area contributed by atoms with Crippen LogP contribution in [0, 0.1) is 0 Å². The van der Waals surface area contributed by atoms with Gasteiger partial charge in [-0.15, -0.1) is 11.3 Å². The topological polar surface area (TPSA) is 43.4 Å². The Hall–Kier alpha value is -0.490. The van der Waals surface area contributed by atoms with E-state index >= 15 is 0 Å². The highest BCUT2D eigenvalue weighted by Crippen LogP contribution is 2.38. The van der Waals surface area contributed by atoms with Crippen LogP contribution in [0.3, 0.4) is 0 Å². The van der Waals surface area contributed by atoms with Gasteiger partial charge in [-0.25, -0.2) is 4.98 Å². The molecule has 1 aliphatic carbocycles. The number of thiazole rings is 1. The lowest BCUT2D eigenvalue weighted by atomic mass is 9.90. The van der Waals surface area contributed by atoms with E-state index in [1.165, 1.54) is 28.4 Å². The molecule has 0 saturated carbocycles. The van der Waals surface area contributed by atoms with E-state index in [2.05, 4.69) is 5.32 Å². The Labute approximate surface area is 118 Å². The molecule has 4 nitrogen and oxygen atoms in total. The summed E-state index contributed by atoms with van der Waals surface area (Å²) in [4.78, 5) is 6.43. The van der Waals surface area contributed by atoms with E-state index in [1.807, 2.05) is 11.3 Å². The molecule has 0 amide bonds. The van der Waals surface area contributed by atoms with E-state index in [1.54, 1.807) is 7.11 Å². The fourth-order valence-corrected chi connectivity index (χ4v) is 4.35. The van der Waals surface area contributed by atoms with Gasteiger partial charge in [-0.05, 0) is 32.1 Å². The molecule has 0 bridgehead atoms. The third kappa shape index (κ3) is 2.70. The molecule has 0 radical (unpaired) electrons. The molecule has 106 valence electrons. The number of nitrogens with zero attached hydrogens (tertiary/aromatic N) is 1. The van der Waals surface area contributed by atoms with Crippen molar-refractivity contribution in [3.63, 3.8) is 0 Å². The largest absolute Gasteiger partial charge is 0.383 e. The first-order chi connectivity index (χ1) is 9.34. The van der Waals surface area contributed by atoms with Crippen LogP contribution in [0.5, 0.6) is 0 Å². The van der Waals surface area contributed by atoms with Crippen LogP contribution in [0.1, 0.15) is 34.8 Å². The SMILES string of the molecule is COCCNC1(c2nc3c(s2)CCC3)CCOCC1. The molecule has 2 heterocycles. The summed E-state index contributed by atoms with van der Waals surface area (Å²) in [5.41, 5.74) is 1.37. The Bertz CT molecular complexity index is 406. The van der Waals surface area contributed by atoms with E-state index in [-0.39, 0.29) is 5.54 Å². The smallest absolute Gasteiger partial charge is 0.113 e. The molecule has 0 unspecified atom stereocenters. The molecule has 3 rings (SSSR count). The van der Waals surface area contributed by atoms with Gasteiger partial charge in [-0.2, -0.15) is 0 Å². The Morgan fingerprint density at radius 3 is 2.95 bits per heavy atom. The fraction of sp³-hybridized carbons (Fsp3) is 0.786. The Morgan fingerprint density at radius 1 is 1.37 bits per heavy atom. The van der Waals surface area contributed by atoms with Gasteiger partial charge in [0.1, 0.15) is 5.01 Å². The van der Waals surface area contributed by atoms with Crippen LogP contribution in [-0.2, 0) is 27.9 Å². The number of aryl methyl sites for hydroxylation is 2. The lowest BCUT2D eigenvalue weighted by Crippen LogP contribution is -2.47. The minimum absolute atomic E-state index is 0.0196. The zero-order valence-corrected chi connectivity index (χ0v) is 12.4. The molecule has 2 aliphatic rings. The van der Waals surface area contributed by atoms with E-state index in [0.717, 1.165) is 45.6 Å². The summed E-state index contributed by atoms with van der Waals surface area (Å²) in [6.07, 6.45) is 5.70. The number of ether oxygens (including phenoxy) is 2. The first kappa shape index (κ1) is 13.5. The Kier molecular flexibility index (Phi) is 4.17. The maximum absolute atomic E-state index is 5.54. The molecule has 5 heteroatoms. The van der Waals surface area contributed by atoms with Gasteiger partial charge in [-0.1, -0.05) is 0 Å². The van der Waals surface area contributed by atoms with Crippen LogP contribution in [0.15, 0.2) is 0 Å². The second kappa shape index (κ2) is 5.87. The van der Waals surface area contributed by atoms with Gasteiger partial charge >= 0.3 is 0 Å². The van der Waals surface area contributed by atoms with E-state index in [0.29, 0.717) is 0 Å². The summed E-state index contributed by atoms with van der Waals surface area (Å²) in [7, 11) is 1.75. The first-order valence-corrected chi connectivity index (χ1v) is 7.96. The third-order valence-corrected chi connectivity index (χ3v) is 5.48. The monoisotopic (exact) mass is 282 g/mol. The number of fused-ring (bicyclic) bond motifs is 1. The molecule has 0 spiro atoms. The van der Waals surface area contributed by atoms with Crippen molar-refractivity contribution >= 4 is 11.3 Å². The van der Waals surface area contributed by atoms with Crippen molar-refractivity contribution in [3.05, 3.63) is 15.6 Å². The highest BCUT2D eigenvalue weighted by atomic mass is 32.1. The predicted molar refractivity (Wildman–Crippen MR) is 75.7 cm³/mol. The van der Waals surface area contributed by atoms with E-state index in [4.69, 9.17) is 14.5 Å². The van der Waals surface area contributed by atoms with Crippen LogP contribution in [0.25, 0.3) is 0 Å². The van der Waals surface area contributed by atoms with Crippen LogP contribution >= 0.6 is 11.3 Å². The predicted octanol–water partition coefficient (Wildman–Crippen LogP) is 1.87. The molecule has 1 N–H and O–H groups in total. The van der Waals surface area contributed by atoms with Crippen LogP contribution < -0.4 is 5.32 Å². The van der Waals surface area contributed by atoms with Crippen molar-refractivity contribution in [2.24, 2.45) is 0 Å². The standard InChI is InChI=1S/C14H22N2O2S/c1-17-10-7-15-14(5-8-18-9-6-14)13-16-11-3-2-4-12(11)19-13/h15H,2-10H2,1H3. The summed E-state index contributed by atoms with van der Waals surface area (Å²) in [5.74, 6) is 0. The maximum atomic E-state index is 5.54.